The molecular formula is C13H24ClN3O. The standard InChI is InChI=1S/C13H24ClN3O/c1-9(2)7-15-8-13(4,18)6-11-10(3)16-17(5)12(11)14/h9,15,18H,6-8H2,1-5H3. The monoisotopic (exact) mass is 273 g/mol. The van der Waals surface area contributed by atoms with Crippen LogP contribution in [0.2, 0.25) is 5.15 Å². The molecule has 1 unspecified atom stereocenters. The zero-order valence-corrected chi connectivity index (χ0v) is 12.7. The van der Waals surface area contributed by atoms with Crippen molar-refractivity contribution in [3.05, 3.63) is 16.4 Å². The number of rotatable bonds is 6. The van der Waals surface area contributed by atoms with Crippen LogP contribution in [0.5, 0.6) is 0 Å². The molecule has 2 N–H and O–H groups in total. The molecule has 18 heavy (non-hydrogen) atoms. The van der Waals surface area contributed by atoms with E-state index in [1.165, 1.54) is 0 Å². The molecule has 0 bridgehead atoms. The van der Waals surface area contributed by atoms with Gasteiger partial charge in [-0.2, -0.15) is 5.10 Å². The van der Waals surface area contributed by atoms with Gasteiger partial charge in [0.15, 0.2) is 0 Å². The number of hydrogen-bond donors (Lipinski definition) is 2. The molecule has 0 saturated heterocycles. The highest BCUT2D eigenvalue weighted by atomic mass is 35.5. The third-order valence-corrected chi connectivity index (χ3v) is 3.36. The molecule has 1 aromatic rings. The Morgan fingerprint density at radius 2 is 2.11 bits per heavy atom. The fourth-order valence-corrected chi connectivity index (χ4v) is 2.19. The summed E-state index contributed by atoms with van der Waals surface area (Å²) in [6.07, 6.45) is 0.511. The molecule has 0 aliphatic carbocycles. The normalized spacial score (nSPS) is 15.1. The fraction of sp³-hybridized carbons (Fsp3) is 0.769. The molecule has 0 amide bonds. The van der Waals surface area contributed by atoms with Crippen LogP contribution >= 0.6 is 11.6 Å². The second kappa shape index (κ2) is 6.04. The van der Waals surface area contributed by atoms with Crippen LogP contribution < -0.4 is 5.32 Å². The lowest BCUT2D eigenvalue weighted by Crippen LogP contribution is -2.41. The molecule has 5 heteroatoms. The van der Waals surface area contributed by atoms with E-state index in [2.05, 4.69) is 24.3 Å². The summed E-state index contributed by atoms with van der Waals surface area (Å²) >= 11 is 6.17. The summed E-state index contributed by atoms with van der Waals surface area (Å²) in [7, 11) is 1.81. The van der Waals surface area contributed by atoms with Gasteiger partial charge in [-0.05, 0) is 26.3 Å². The van der Waals surface area contributed by atoms with Crippen LogP contribution in [0.3, 0.4) is 0 Å². The predicted molar refractivity (Wildman–Crippen MR) is 75.0 cm³/mol. The summed E-state index contributed by atoms with van der Waals surface area (Å²) in [6, 6.07) is 0. The van der Waals surface area contributed by atoms with Crippen LogP contribution in [0.25, 0.3) is 0 Å². The van der Waals surface area contributed by atoms with Gasteiger partial charge in [0.2, 0.25) is 0 Å². The smallest absolute Gasteiger partial charge is 0.130 e. The van der Waals surface area contributed by atoms with Crippen molar-refractivity contribution in [1.29, 1.82) is 0 Å². The molecule has 0 aliphatic heterocycles. The molecule has 0 spiro atoms. The van der Waals surface area contributed by atoms with E-state index in [-0.39, 0.29) is 0 Å². The van der Waals surface area contributed by atoms with Gasteiger partial charge < -0.3 is 10.4 Å². The van der Waals surface area contributed by atoms with E-state index < -0.39 is 5.60 Å². The molecule has 1 heterocycles. The summed E-state index contributed by atoms with van der Waals surface area (Å²) < 4.78 is 1.64. The molecular weight excluding hydrogens is 250 g/mol. The Morgan fingerprint density at radius 3 is 2.56 bits per heavy atom. The number of nitrogens with one attached hydrogen (secondary N) is 1. The van der Waals surface area contributed by atoms with Crippen molar-refractivity contribution in [2.45, 2.75) is 39.7 Å². The predicted octanol–water partition coefficient (Wildman–Crippen LogP) is 1.92. The average Bonchev–Trinajstić information content (AvgIpc) is 2.44. The number of aliphatic hydroxyl groups is 1. The van der Waals surface area contributed by atoms with E-state index in [9.17, 15) is 5.11 Å². The van der Waals surface area contributed by atoms with Crippen molar-refractivity contribution >= 4 is 11.6 Å². The topological polar surface area (TPSA) is 50.1 Å². The third-order valence-electron chi connectivity index (χ3n) is 2.89. The van der Waals surface area contributed by atoms with Crippen molar-refractivity contribution in [3.63, 3.8) is 0 Å². The zero-order valence-electron chi connectivity index (χ0n) is 11.9. The zero-order chi connectivity index (χ0) is 13.9. The highest BCUT2D eigenvalue weighted by Crippen LogP contribution is 2.23. The second-order valence-electron chi connectivity index (χ2n) is 5.68. The SMILES string of the molecule is Cc1nn(C)c(Cl)c1CC(C)(O)CNCC(C)C. The third kappa shape index (κ3) is 4.26. The Hall–Kier alpha value is -0.580. The number of aromatic nitrogens is 2. The van der Waals surface area contributed by atoms with Crippen LogP contribution in [0, 0.1) is 12.8 Å². The first-order valence-electron chi connectivity index (χ1n) is 6.34. The Labute approximate surface area is 114 Å². The molecule has 104 valence electrons. The maximum absolute atomic E-state index is 10.4. The molecule has 0 fully saturated rings. The van der Waals surface area contributed by atoms with Gasteiger partial charge in [0.05, 0.1) is 11.3 Å². The fourth-order valence-electron chi connectivity index (χ4n) is 1.95. The van der Waals surface area contributed by atoms with Gasteiger partial charge in [0.1, 0.15) is 5.15 Å². The minimum absolute atomic E-state index is 0.511. The first kappa shape index (κ1) is 15.5. The Kier molecular flexibility index (Phi) is 5.20. The number of nitrogens with zero attached hydrogens (tertiary/aromatic N) is 2. The van der Waals surface area contributed by atoms with Crippen LogP contribution in [-0.2, 0) is 13.5 Å². The van der Waals surface area contributed by atoms with Crippen molar-refractivity contribution in [2.75, 3.05) is 13.1 Å². The lowest BCUT2D eigenvalue weighted by Gasteiger charge is -2.24. The molecule has 1 rings (SSSR count). The van der Waals surface area contributed by atoms with E-state index in [0.29, 0.717) is 24.0 Å². The highest BCUT2D eigenvalue weighted by Gasteiger charge is 2.25. The van der Waals surface area contributed by atoms with Crippen LogP contribution in [0.15, 0.2) is 0 Å². The Balaban J connectivity index is 2.64. The van der Waals surface area contributed by atoms with Gasteiger partial charge in [0, 0.05) is 25.6 Å². The van der Waals surface area contributed by atoms with Crippen LogP contribution in [0.1, 0.15) is 32.0 Å². The van der Waals surface area contributed by atoms with Crippen molar-refractivity contribution < 1.29 is 5.11 Å². The largest absolute Gasteiger partial charge is 0.389 e. The van der Waals surface area contributed by atoms with Gasteiger partial charge in [0.25, 0.3) is 0 Å². The van der Waals surface area contributed by atoms with Gasteiger partial charge in [-0.15, -0.1) is 0 Å². The Morgan fingerprint density at radius 1 is 1.50 bits per heavy atom. The second-order valence-corrected chi connectivity index (χ2v) is 6.03. The number of aryl methyl sites for hydroxylation is 2. The molecule has 0 radical (unpaired) electrons. The van der Waals surface area contributed by atoms with E-state index in [1.807, 2.05) is 20.9 Å². The molecule has 0 saturated carbocycles. The number of halogens is 1. The molecule has 0 aliphatic rings. The lowest BCUT2D eigenvalue weighted by molar-refractivity contribution is 0.0594. The maximum atomic E-state index is 10.4. The lowest BCUT2D eigenvalue weighted by atomic mass is 9.96. The average molecular weight is 274 g/mol. The summed E-state index contributed by atoms with van der Waals surface area (Å²) in [4.78, 5) is 0. The Bertz CT molecular complexity index is 399. The maximum Gasteiger partial charge on any atom is 0.130 e. The van der Waals surface area contributed by atoms with Crippen molar-refractivity contribution in [1.82, 2.24) is 15.1 Å². The van der Waals surface area contributed by atoms with Crippen LogP contribution in [0.4, 0.5) is 0 Å². The summed E-state index contributed by atoms with van der Waals surface area (Å²) in [5.74, 6) is 0.574. The minimum atomic E-state index is -0.813. The molecule has 1 atom stereocenters. The van der Waals surface area contributed by atoms with E-state index in [0.717, 1.165) is 17.8 Å². The molecule has 1 aromatic heterocycles. The van der Waals surface area contributed by atoms with Gasteiger partial charge >= 0.3 is 0 Å². The summed E-state index contributed by atoms with van der Waals surface area (Å²) in [5.41, 5.74) is 0.994. The van der Waals surface area contributed by atoms with E-state index in [4.69, 9.17) is 11.6 Å². The first-order valence-corrected chi connectivity index (χ1v) is 6.72. The quantitative estimate of drug-likeness (QED) is 0.833. The molecule has 4 nitrogen and oxygen atoms in total. The highest BCUT2D eigenvalue weighted by molar-refractivity contribution is 6.30. The van der Waals surface area contributed by atoms with Gasteiger partial charge in [-0.3, -0.25) is 4.68 Å². The van der Waals surface area contributed by atoms with Crippen molar-refractivity contribution in [2.24, 2.45) is 13.0 Å². The van der Waals surface area contributed by atoms with E-state index >= 15 is 0 Å². The first-order chi connectivity index (χ1) is 8.23. The van der Waals surface area contributed by atoms with Crippen molar-refractivity contribution in [3.8, 4) is 0 Å². The van der Waals surface area contributed by atoms with Gasteiger partial charge in [-0.25, -0.2) is 0 Å². The number of hydrogen-bond acceptors (Lipinski definition) is 3. The van der Waals surface area contributed by atoms with Crippen LogP contribution in [-0.4, -0.2) is 33.6 Å². The van der Waals surface area contributed by atoms with Gasteiger partial charge in [-0.1, -0.05) is 25.4 Å². The minimum Gasteiger partial charge on any atom is -0.389 e. The molecule has 0 aromatic carbocycles. The summed E-state index contributed by atoms with van der Waals surface area (Å²) in [5, 5.41) is 18.5. The summed E-state index contributed by atoms with van der Waals surface area (Å²) in [6.45, 7) is 9.47. The van der Waals surface area contributed by atoms with E-state index in [1.54, 1.807) is 4.68 Å².